The van der Waals surface area contributed by atoms with Crippen molar-refractivity contribution in [2.24, 2.45) is 0 Å². The van der Waals surface area contributed by atoms with Gasteiger partial charge in [0.2, 0.25) is 21.8 Å². The number of carbonyl (C=O) groups excluding carboxylic acids is 1. The van der Waals surface area contributed by atoms with Gasteiger partial charge in [0.1, 0.15) is 23.1 Å². The molecule has 134 valence electrons. The molecular formula is C15H15F2N3O4S. The SMILES string of the molecule is CS(=O)(=O)NCC(=O)N1CCc2oc(-c3cc(F)cc(F)c3)nc2C1. The van der Waals surface area contributed by atoms with Gasteiger partial charge in [-0.1, -0.05) is 0 Å². The number of nitrogens with one attached hydrogen (secondary N) is 1. The molecule has 0 aliphatic carbocycles. The number of hydrogen-bond donors (Lipinski definition) is 1. The van der Waals surface area contributed by atoms with E-state index >= 15 is 0 Å². The quantitative estimate of drug-likeness (QED) is 0.867. The first-order valence-corrected chi connectivity index (χ1v) is 9.28. The Bertz CT molecular complexity index is 907. The molecule has 10 heteroatoms. The summed E-state index contributed by atoms with van der Waals surface area (Å²) < 4.78 is 56.5. The maximum atomic E-state index is 13.3. The van der Waals surface area contributed by atoms with Crippen molar-refractivity contribution < 1.29 is 26.4 Å². The van der Waals surface area contributed by atoms with Crippen LogP contribution in [0.1, 0.15) is 11.5 Å². The minimum absolute atomic E-state index is 0.0759. The van der Waals surface area contributed by atoms with Crippen molar-refractivity contribution >= 4 is 15.9 Å². The Labute approximate surface area is 142 Å². The van der Waals surface area contributed by atoms with Crippen LogP contribution in [0, 0.1) is 11.6 Å². The third-order valence-corrected chi connectivity index (χ3v) is 4.34. The number of halogens is 2. The summed E-state index contributed by atoms with van der Waals surface area (Å²) in [5.41, 5.74) is 0.655. The molecule has 2 aromatic rings. The third kappa shape index (κ3) is 4.20. The van der Waals surface area contributed by atoms with Crippen LogP contribution in [0.5, 0.6) is 0 Å². The van der Waals surface area contributed by atoms with Crippen molar-refractivity contribution in [1.82, 2.24) is 14.6 Å². The molecule has 1 aromatic carbocycles. The number of benzene rings is 1. The van der Waals surface area contributed by atoms with Crippen LogP contribution in [-0.4, -0.2) is 43.6 Å². The Kier molecular flexibility index (Phi) is 4.56. The molecule has 1 N–H and O–H groups in total. The number of carbonyl (C=O) groups is 1. The van der Waals surface area contributed by atoms with Crippen LogP contribution in [-0.2, 0) is 27.8 Å². The van der Waals surface area contributed by atoms with Gasteiger partial charge in [0.25, 0.3) is 0 Å². The summed E-state index contributed by atoms with van der Waals surface area (Å²) in [6.07, 6.45) is 1.35. The summed E-state index contributed by atoms with van der Waals surface area (Å²) in [6, 6.07) is 2.97. The van der Waals surface area contributed by atoms with Crippen molar-refractivity contribution in [3.8, 4) is 11.5 Å². The Hall–Kier alpha value is -2.33. The van der Waals surface area contributed by atoms with Gasteiger partial charge in [-0.15, -0.1) is 0 Å². The maximum absolute atomic E-state index is 13.3. The van der Waals surface area contributed by atoms with E-state index in [1.807, 2.05) is 0 Å². The van der Waals surface area contributed by atoms with Crippen molar-refractivity contribution in [2.75, 3.05) is 19.3 Å². The van der Waals surface area contributed by atoms with E-state index in [9.17, 15) is 22.0 Å². The molecule has 0 saturated heterocycles. The highest BCUT2D eigenvalue weighted by molar-refractivity contribution is 7.88. The topological polar surface area (TPSA) is 92.5 Å². The summed E-state index contributed by atoms with van der Waals surface area (Å²) in [7, 11) is -3.46. The molecule has 1 aromatic heterocycles. The Morgan fingerprint density at radius 2 is 2.00 bits per heavy atom. The van der Waals surface area contributed by atoms with Crippen LogP contribution in [0.4, 0.5) is 8.78 Å². The number of fused-ring (bicyclic) bond motifs is 1. The number of amides is 1. The van der Waals surface area contributed by atoms with E-state index in [2.05, 4.69) is 9.71 Å². The van der Waals surface area contributed by atoms with Gasteiger partial charge in [0, 0.05) is 24.6 Å². The van der Waals surface area contributed by atoms with Crippen molar-refractivity contribution in [3.05, 3.63) is 41.3 Å². The smallest absolute Gasteiger partial charge is 0.237 e. The molecule has 0 saturated carbocycles. The van der Waals surface area contributed by atoms with E-state index < -0.39 is 27.6 Å². The van der Waals surface area contributed by atoms with Crippen LogP contribution >= 0.6 is 0 Å². The lowest BCUT2D eigenvalue weighted by Crippen LogP contribution is -2.42. The van der Waals surface area contributed by atoms with Gasteiger partial charge >= 0.3 is 0 Å². The highest BCUT2D eigenvalue weighted by Crippen LogP contribution is 2.27. The van der Waals surface area contributed by atoms with Crippen LogP contribution < -0.4 is 4.72 Å². The molecule has 0 atom stereocenters. The fraction of sp³-hybridized carbons (Fsp3) is 0.333. The predicted molar refractivity (Wildman–Crippen MR) is 83.8 cm³/mol. The van der Waals surface area contributed by atoms with Crippen LogP contribution in [0.2, 0.25) is 0 Å². The number of oxazole rings is 1. The van der Waals surface area contributed by atoms with Gasteiger partial charge in [-0.2, -0.15) is 0 Å². The van der Waals surface area contributed by atoms with Gasteiger partial charge in [-0.3, -0.25) is 4.79 Å². The highest BCUT2D eigenvalue weighted by atomic mass is 32.2. The lowest BCUT2D eigenvalue weighted by atomic mass is 10.1. The summed E-state index contributed by atoms with van der Waals surface area (Å²) in [5.74, 6) is -1.26. The zero-order chi connectivity index (χ0) is 18.2. The molecule has 0 bridgehead atoms. The maximum Gasteiger partial charge on any atom is 0.237 e. The van der Waals surface area contributed by atoms with Crippen LogP contribution in [0.3, 0.4) is 0 Å². The summed E-state index contributed by atoms with van der Waals surface area (Å²) >= 11 is 0. The molecule has 3 rings (SSSR count). The van der Waals surface area contributed by atoms with Crippen molar-refractivity contribution in [1.29, 1.82) is 0 Å². The first-order chi connectivity index (χ1) is 11.7. The molecule has 1 aliphatic heterocycles. The molecule has 0 unspecified atom stereocenters. The van der Waals surface area contributed by atoms with Gasteiger partial charge < -0.3 is 9.32 Å². The standard InChI is InChI=1S/C15H15F2N3O4S/c1-25(22,23)18-7-14(21)20-3-2-13-12(8-20)19-15(24-13)9-4-10(16)6-11(17)5-9/h4-6,18H,2-3,7-8H2,1H3. The Morgan fingerprint density at radius 3 is 2.64 bits per heavy atom. The van der Waals surface area contributed by atoms with Crippen LogP contribution in [0.15, 0.2) is 22.6 Å². The molecule has 7 nitrogen and oxygen atoms in total. The van der Waals surface area contributed by atoms with E-state index in [1.54, 1.807) is 0 Å². The molecule has 0 radical (unpaired) electrons. The molecular weight excluding hydrogens is 356 g/mol. The zero-order valence-electron chi connectivity index (χ0n) is 13.3. The van der Waals surface area contributed by atoms with E-state index in [4.69, 9.17) is 4.42 Å². The normalized spacial score (nSPS) is 14.4. The van der Waals surface area contributed by atoms with E-state index in [0.29, 0.717) is 24.4 Å². The fourth-order valence-electron chi connectivity index (χ4n) is 2.52. The second-order valence-electron chi connectivity index (χ2n) is 5.71. The largest absolute Gasteiger partial charge is 0.441 e. The molecule has 0 spiro atoms. The van der Waals surface area contributed by atoms with Gasteiger partial charge in [0.05, 0.1) is 19.3 Å². The predicted octanol–water partition coefficient (Wildman–Crippen LogP) is 1.05. The second kappa shape index (κ2) is 6.52. The third-order valence-electron chi connectivity index (χ3n) is 3.68. The second-order valence-corrected chi connectivity index (χ2v) is 7.54. The fourth-order valence-corrected chi connectivity index (χ4v) is 2.90. The van der Waals surface area contributed by atoms with Crippen molar-refractivity contribution in [3.63, 3.8) is 0 Å². The molecule has 1 aliphatic rings. The van der Waals surface area contributed by atoms with Crippen molar-refractivity contribution in [2.45, 2.75) is 13.0 Å². The first kappa shape index (κ1) is 17.5. The average Bonchev–Trinajstić information content (AvgIpc) is 2.94. The first-order valence-electron chi connectivity index (χ1n) is 7.39. The number of nitrogens with zero attached hydrogens (tertiary/aromatic N) is 2. The lowest BCUT2D eigenvalue weighted by Gasteiger charge is -2.25. The van der Waals surface area contributed by atoms with Gasteiger partial charge in [-0.25, -0.2) is 26.9 Å². The molecule has 25 heavy (non-hydrogen) atoms. The minimum atomic E-state index is -3.46. The molecule has 0 fully saturated rings. The van der Waals surface area contributed by atoms with E-state index in [0.717, 1.165) is 24.5 Å². The highest BCUT2D eigenvalue weighted by Gasteiger charge is 2.26. The zero-order valence-corrected chi connectivity index (χ0v) is 14.1. The number of sulfonamides is 1. The van der Waals surface area contributed by atoms with Gasteiger partial charge in [0.15, 0.2) is 0 Å². The lowest BCUT2D eigenvalue weighted by molar-refractivity contribution is -0.130. The number of aromatic nitrogens is 1. The van der Waals surface area contributed by atoms with E-state index in [1.165, 1.54) is 4.90 Å². The minimum Gasteiger partial charge on any atom is -0.441 e. The monoisotopic (exact) mass is 371 g/mol. The summed E-state index contributed by atoms with van der Waals surface area (Å²) in [5, 5.41) is 0. The number of hydrogen-bond acceptors (Lipinski definition) is 5. The average molecular weight is 371 g/mol. The van der Waals surface area contributed by atoms with Gasteiger partial charge in [-0.05, 0) is 12.1 Å². The summed E-state index contributed by atoms with van der Waals surface area (Å²) in [4.78, 5) is 17.7. The molecule has 1 amide bonds. The summed E-state index contributed by atoms with van der Waals surface area (Å²) in [6.45, 7) is 0.137. The van der Waals surface area contributed by atoms with Crippen LogP contribution in [0.25, 0.3) is 11.5 Å². The Morgan fingerprint density at radius 1 is 1.32 bits per heavy atom. The molecule has 2 heterocycles. The number of rotatable bonds is 4. The Balaban J connectivity index is 1.76. The van der Waals surface area contributed by atoms with E-state index in [-0.39, 0.29) is 24.5 Å².